The Kier molecular flexibility index (Phi) is 12.1. The van der Waals surface area contributed by atoms with E-state index >= 15 is 0 Å². The Labute approximate surface area is 192 Å². The summed E-state index contributed by atoms with van der Waals surface area (Å²) >= 11 is 5.30. The van der Waals surface area contributed by atoms with Crippen LogP contribution in [0.5, 0.6) is 0 Å². The van der Waals surface area contributed by atoms with Crippen molar-refractivity contribution in [1.82, 2.24) is 0 Å². The van der Waals surface area contributed by atoms with Gasteiger partial charge in [0.1, 0.15) is 0 Å². The van der Waals surface area contributed by atoms with Crippen LogP contribution in [0.15, 0.2) is 48.5 Å². The molecule has 0 aliphatic heterocycles. The summed E-state index contributed by atoms with van der Waals surface area (Å²) in [5.74, 6) is 0. The van der Waals surface area contributed by atoms with Gasteiger partial charge in [-0.15, -0.1) is 0 Å². The Morgan fingerprint density at radius 2 is 1.33 bits per heavy atom. The number of benzene rings is 2. The zero-order valence-electron chi connectivity index (χ0n) is 15.4. The molecule has 2 aliphatic rings. The molecule has 3 nitrogen and oxygen atoms in total. The molecule has 0 fully saturated rings. The minimum Gasteiger partial charge on any atom is -0.394 e. The number of hydrogen-bond acceptors (Lipinski definition) is 3. The molecule has 0 amide bonds. The van der Waals surface area contributed by atoms with Gasteiger partial charge in [-0.2, -0.15) is 0 Å². The first kappa shape index (κ1) is 23.8. The molecule has 2 aromatic rings. The van der Waals surface area contributed by atoms with Crippen LogP contribution >= 0.6 is 37.2 Å². The van der Waals surface area contributed by atoms with E-state index in [0.29, 0.717) is 26.0 Å². The molecule has 0 spiro atoms. The van der Waals surface area contributed by atoms with E-state index in [9.17, 15) is 0 Å². The van der Waals surface area contributed by atoms with Gasteiger partial charge in [0.05, 0.1) is 25.4 Å². The second-order valence-corrected chi connectivity index (χ2v) is 22.5. The van der Waals surface area contributed by atoms with E-state index in [1.165, 1.54) is 22.3 Å². The minimum absolute atomic E-state index is 0.110. The summed E-state index contributed by atoms with van der Waals surface area (Å²) in [4.78, 5) is 0. The molecular formula is C21H26I3O3-. The summed E-state index contributed by atoms with van der Waals surface area (Å²) in [7, 11) is 0. The minimum atomic E-state index is 0.110. The van der Waals surface area contributed by atoms with Crippen LogP contribution in [0.4, 0.5) is 0 Å². The van der Waals surface area contributed by atoms with Gasteiger partial charge in [0.25, 0.3) is 0 Å². The molecule has 0 aromatic heterocycles. The van der Waals surface area contributed by atoms with E-state index in [1.807, 2.05) is 12.1 Å². The first-order valence-corrected chi connectivity index (χ1v) is 21.7. The van der Waals surface area contributed by atoms with Gasteiger partial charge in [-0.3, -0.25) is 0 Å². The van der Waals surface area contributed by atoms with Crippen molar-refractivity contribution >= 4 is 37.2 Å². The van der Waals surface area contributed by atoms with Crippen molar-refractivity contribution in [2.75, 3.05) is 19.8 Å². The summed E-state index contributed by atoms with van der Waals surface area (Å²) in [5, 5.41) is 8.56. The van der Waals surface area contributed by atoms with Crippen molar-refractivity contribution in [1.29, 1.82) is 0 Å². The third-order valence-corrected chi connectivity index (χ3v) is 4.55. The topological polar surface area (TPSA) is 38.7 Å². The maximum Gasteiger partial charge on any atom is 0.0869 e. The Hall–Kier alpha value is 0.510. The Morgan fingerprint density at radius 1 is 0.889 bits per heavy atom. The van der Waals surface area contributed by atoms with Crippen LogP contribution in [0, 0.1) is 0 Å². The second kappa shape index (κ2) is 13.7. The Balaban J connectivity index is 0.000000170. The normalized spacial score (nSPS) is 18.5. The van der Waals surface area contributed by atoms with E-state index < -0.39 is 0 Å². The molecule has 150 valence electrons. The maximum absolute atomic E-state index is 8.56. The van der Waals surface area contributed by atoms with Gasteiger partial charge in [0.15, 0.2) is 0 Å². The van der Waals surface area contributed by atoms with Crippen molar-refractivity contribution in [2.45, 2.75) is 38.4 Å². The average Bonchev–Trinajstić information content (AvgIpc) is 2.65. The zero-order chi connectivity index (χ0) is 19.5. The van der Waals surface area contributed by atoms with Crippen molar-refractivity contribution in [3.8, 4) is 0 Å². The van der Waals surface area contributed by atoms with Crippen molar-refractivity contribution < 1.29 is 27.8 Å². The molecule has 27 heavy (non-hydrogen) atoms. The smallest absolute Gasteiger partial charge is 0.0869 e. The number of aliphatic hydroxyl groups is 1. The van der Waals surface area contributed by atoms with Crippen LogP contribution in [0.1, 0.15) is 47.8 Å². The van der Waals surface area contributed by atoms with E-state index in [2.05, 4.69) is 80.6 Å². The molecule has 2 aliphatic carbocycles. The Morgan fingerprint density at radius 3 is 1.74 bits per heavy atom. The summed E-state index contributed by atoms with van der Waals surface area (Å²) in [6.45, 7) is 3.58. The molecule has 2 unspecified atom stereocenters. The van der Waals surface area contributed by atoms with Gasteiger partial charge < -0.3 is 14.6 Å². The van der Waals surface area contributed by atoms with Crippen molar-refractivity contribution in [3.05, 3.63) is 70.8 Å². The fourth-order valence-electron chi connectivity index (χ4n) is 3.18. The quantitative estimate of drug-likeness (QED) is 0.471. The van der Waals surface area contributed by atoms with E-state index in [-0.39, 0.29) is 12.7 Å². The number of aliphatic hydroxyl groups excluding tert-OH is 1. The summed E-state index contributed by atoms with van der Waals surface area (Å²) in [5.41, 5.74) is 5.51. The van der Waals surface area contributed by atoms with E-state index in [1.54, 1.807) is 0 Å². The fraction of sp³-hybridized carbons (Fsp3) is 0.429. The third kappa shape index (κ3) is 7.36. The molecule has 2 atom stereocenters. The van der Waals surface area contributed by atoms with E-state index in [4.69, 9.17) is 14.6 Å². The summed E-state index contributed by atoms with van der Waals surface area (Å²) < 4.78 is 11.1. The second-order valence-electron chi connectivity index (χ2n) is 6.30. The molecule has 0 heterocycles. The molecule has 4 rings (SSSR count). The first-order valence-electron chi connectivity index (χ1n) is 9.11. The van der Waals surface area contributed by atoms with Crippen LogP contribution in [0.2, 0.25) is 0 Å². The predicted octanol–water partition coefficient (Wildman–Crippen LogP) is 2.78. The van der Waals surface area contributed by atoms with Crippen LogP contribution in [0.3, 0.4) is 0 Å². The first-order chi connectivity index (χ1) is 13.2. The summed E-state index contributed by atoms with van der Waals surface area (Å²) in [6, 6.07) is 16.8. The van der Waals surface area contributed by atoms with Gasteiger partial charge >= 0.3 is 50.5 Å². The zero-order valence-corrected chi connectivity index (χ0v) is 21.9. The predicted molar refractivity (Wildman–Crippen MR) is 123 cm³/mol. The fourth-order valence-corrected chi connectivity index (χ4v) is 3.18. The Bertz CT molecular complexity index is 624. The number of fused-ring (bicyclic) bond motifs is 2. The largest absolute Gasteiger partial charge is 0.394 e. The number of hydrogen-bond donors (Lipinski definition) is 1. The van der Waals surface area contributed by atoms with E-state index in [0.717, 1.165) is 25.9 Å². The van der Waals surface area contributed by atoms with Crippen LogP contribution < -0.4 is 13.3 Å². The van der Waals surface area contributed by atoms with Crippen LogP contribution in [-0.2, 0) is 22.3 Å². The van der Waals surface area contributed by atoms with Crippen molar-refractivity contribution in [2.24, 2.45) is 0 Å². The van der Waals surface area contributed by atoms with Gasteiger partial charge in [0.2, 0.25) is 0 Å². The molecule has 0 saturated carbocycles. The van der Waals surface area contributed by atoms with Gasteiger partial charge in [-0.25, -0.2) is 0 Å². The molecule has 1 N–H and O–H groups in total. The van der Waals surface area contributed by atoms with Gasteiger partial charge in [-0.05, 0) is 28.7 Å². The monoisotopic (exact) mass is 707 g/mol. The average molecular weight is 707 g/mol. The number of ether oxygens (including phenoxy) is 2. The van der Waals surface area contributed by atoms with Crippen molar-refractivity contribution in [3.63, 3.8) is 0 Å². The molecule has 2 aromatic carbocycles. The molecule has 0 radical (unpaired) electrons. The number of halogens is 3. The number of rotatable bonds is 6. The molecule has 0 bridgehead atoms. The standard InChI is InChI=1S/C11H14O.C10H12O2.I3/c1-2-7-12-11-8-9-5-3-4-6-10(9)11;11-5-6-12-10-7-8-3-1-2-4-9(8)10;1-3-2/h3-6,11H,2,7-8H2,1H3;1-4,10-11H,5-7H2;/q;;-1. The van der Waals surface area contributed by atoms with Crippen LogP contribution in [0.25, 0.3) is 0 Å². The summed E-state index contributed by atoms with van der Waals surface area (Å²) in [6.07, 6.45) is 3.83. The van der Waals surface area contributed by atoms with Gasteiger partial charge in [0, 0.05) is 19.4 Å². The van der Waals surface area contributed by atoms with Crippen LogP contribution in [-0.4, -0.2) is 24.9 Å². The third-order valence-electron chi connectivity index (χ3n) is 4.55. The molecule has 0 saturated heterocycles. The van der Waals surface area contributed by atoms with Gasteiger partial charge in [-0.1, -0.05) is 55.5 Å². The molecule has 6 heteroatoms. The molecular weight excluding hydrogens is 681 g/mol. The SMILES string of the molecule is CCCOC1Cc2ccccc21.I[I-]I.OCCOC1Cc2ccccc21. The maximum atomic E-state index is 8.56.